The van der Waals surface area contributed by atoms with Gasteiger partial charge in [0.1, 0.15) is 6.04 Å². The molecule has 0 bridgehead atoms. The molecule has 0 saturated heterocycles. The standard InChI is InChI=1S/C32H35N5O3/c33-28(27-12-5-7-21-8-6-18-36-30(21)27)15-16-29(32(39)40)37-31(38)26-14-13-22(24-10-1-2-11-25(24)26)19-34-20-23-9-3-4-17-35-23/h1-4,6,8-11,13-14,17-18,27-29,34H,5,7,12,15-16,19-20,33H2,(H,37,38)(H,39,40)/t27-,28?,29?/m0/s1. The van der Waals surface area contributed by atoms with Crippen LogP contribution in [0.4, 0.5) is 0 Å². The molecule has 0 spiro atoms. The molecule has 4 aromatic rings. The first-order valence-corrected chi connectivity index (χ1v) is 13.9. The molecule has 2 aromatic heterocycles. The molecule has 0 radical (unpaired) electrons. The van der Waals surface area contributed by atoms with E-state index in [0.29, 0.717) is 25.1 Å². The number of nitrogens with two attached hydrogens (primary N) is 1. The number of pyridine rings is 2. The number of nitrogens with zero attached hydrogens (tertiary/aromatic N) is 2. The maximum absolute atomic E-state index is 13.4. The largest absolute Gasteiger partial charge is 0.480 e. The van der Waals surface area contributed by atoms with Gasteiger partial charge in [0.15, 0.2) is 0 Å². The minimum atomic E-state index is -1.07. The van der Waals surface area contributed by atoms with E-state index in [-0.39, 0.29) is 18.4 Å². The molecule has 1 aliphatic rings. The van der Waals surface area contributed by atoms with Gasteiger partial charge in [0, 0.05) is 48.7 Å². The van der Waals surface area contributed by atoms with E-state index in [4.69, 9.17) is 5.73 Å². The number of hydrogen-bond donors (Lipinski definition) is 4. The Balaban J connectivity index is 1.25. The molecule has 1 aliphatic carbocycles. The average molecular weight is 538 g/mol. The summed E-state index contributed by atoms with van der Waals surface area (Å²) in [5.74, 6) is -1.38. The predicted molar refractivity (Wildman–Crippen MR) is 155 cm³/mol. The summed E-state index contributed by atoms with van der Waals surface area (Å²) in [7, 11) is 0. The quantitative estimate of drug-likeness (QED) is 0.224. The average Bonchev–Trinajstić information content (AvgIpc) is 2.99. The second kappa shape index (κ2) is 12.8. The van der Waals surface area contributed by atoms with Crippen LogP contribution in [0.3, 0.4) is 0 Å². The van der Waals surface area contributed by atoms with Gasteiger partial charge in [0.05, 0.1) is 5.69 Å². The lowest BCUT2D eigenvalue weighted by Crippen LogP contribution is -2.42. The number of hydrogen-bond acceptors (Lipinski definition) is 6. The number of carboxylic acid groups (broad SMARTS) is 1. The lowest BCUT2D eigenvalue weighted by Gasteiger charge is -2.29. The monoisotopic (exact) mass is 537 g/mol. The van der Waals surface area contributed by atoms with E-state index in [9.17, 15) is 14.7 Å². The predicted octanol–water partition coefficient (Wildman–Crippen LogP) is 4.33. The van der Waals surface area contributed by atoms with Gasteiger partial charge in [0.2, 0.25) is 0 Å². The molecule has 8 nitrogen and oxygen atoms in total. The summed E-state index contributed by atoms with van der Waals surface area (Å²) >= 11 is 0. The zero-order valence-corrected chi connectivity index (χ0v) is 22.4. The lowest BCUT2D eigenvalue weighted by atomic mass is 9.80. The van der Waals surface area contributed by atoms with Gasteiger partial charge in [-0.05, 0) is 78.3 Å². The van der Waals surface area contributed by atoms with E-state index in [0.717, 1.165) is 47.0 Å². The number of aliphatic carboxylic acids is 1. The first-order valence-electron chi connectivity index (χ1n) is 13.9. The van der Waals surface area contributed by atoms with E-state index in [1.54, 1.807) is 18.5 Å². The van der Waals surface area contributed by atoms with Gasteiger partial charge in [-0.15, -0.1) is 0 Å². The molecule has 2 aromatic carbocycles. The van der Waals surface area contributed by atoms with Crippen molar-refractivity contribution in [3.63, 3.8) is 0 Å². The molecule has 206 valence electrons. The van der Waals surface area contributed by atoms with Crippen molar-refractivity contribution in [2.24, 2.45) is 5.73 Å². The van der Waals surface area contributed by atoms with E-state index >= 15 is 0 Å². The highest BCUT2D eigenvalue weighted by Crippen LogP contribution is 2.33. The summed E-state index contributed by atoms with van der Waals surface area (Å²) < 4.78 is 0. The third-order valence-electron chi connectivity index (χ3n) is 7.75. The van der Waals surface area contributed by atoms with Gasteiger partial charge in [-0.2, -0.15) is 0 Å². The Labute approximate surface area is 234 Å². The lowest BCUT2D eigenvalue weighted by molar-refractivity contribution is -0.139. The molecule has 40 heavy (non-hydrogen) atoms. The Bertz CT molecular complexity index is 1480. The van der Waals surface area contributed by atoms with Crippen LogP contribution in [0, 0.1) is 0 Å². The van der Waals surface area contributed by atoms with Crippen LogP contribution in [0.15, 0.2) is 79.1 Å². The fourth-order valence-corrected chi connectivity index (χ4v) is 5.66. The molecule has 5 rings (SSSR count). The number of aromatic nitrogens is 2. The Kier molecular flexibility index (Phi) is 8.78. The van der Waals surface area contributed by atoms with E-state index < -0.39 is 17.9 Å². The first kappa shape index (κ1) is 27.4. The van der Waals surface area contributed by atoms with Crippen LogP contribution in [-0.4, -0.2) is 39.0 Å². The topological polar surface area (TPSA) is 130 Å². The van der Waals surface area contributed by atoms with Gasteiger partial charge < -0.3 is 21.5 Å². The smallest absolute Gasteiger partial charge is 0.326 e. The van der Waals surface area contributed by atoms with Crippen LogP contribution in [0.5, 0.6) is 0 Å². The Morgan fingerprint density at radius 1 is 0.925 bits per heavy atom. The fraction of sp³-hybridized carbons (Fsp3) is 0.312. The minimum absolute atomic E-state index is 0.0952. The molecular weight excluding hydrogens is 502 g/mol. The number of rotatable bonds is 11. The zero-order valence-electron chi connectivity index (χ0n) is 22.4. The second-order valence-electron chi connectivity index (χ2n) is 10.4. The van der Waals surface area contributed by atoms with Gasteiger partial charge in [-0.3, -0.25) is 14.8 Å². The number of carboxylic acids is 1. The summed E-state index contributed by atoms with van der Waals surface area (Å²) in [6.07, 6.45) is 7.24. The summed E-state index contributed by atoms with van der Waals surface area (Å²) in [5, 5.41) is 17.8. The Hall–Kier alpha value is -4.14. The number of carbonyl (C=O) groups is 2. The molecule has 0 saturated carbocycles. The molecule has 2 unspecified atom stereocenters. The summed E-state index contributed by atoms with van der Waals surface area (Å²) in [5.41, 5.74) is 11.3. The third kappa shape index (κ3) is 6.35. The highest BCUT2D eigenvalue weighted by atomic mass is 16.4. The van der Waals surface area contributed by atoms with Crippen molar-refractivity contribution in [2.45, 2.75) is 63.2 Å². The molecule has 2 heterocycles. The van der Waals surface area contributed by atoms with Crippen LogP contribution in [0.2, 0.25) is 0 Å². The van der Waals surface area contributed by atoms with Crippen LogP contribution in [-0.2, 0) is 24.3 Å². The molecule has 5 N–H and O–H groups in total. The zero-order chi connectivity index (χ0) is 27.9. The second-order valence-corrected chi connectivity index (χ2v) is 10.4. The van der Waals surface area contributed by atoms with Crippen LogP contribution in [0.25, 0.3) is 10.8 Å². The molecule has 1 amide bonds. The summed E-state index contributed by atoms with van der Waals surface area (Å²) in [6, 6.07) is 20.0. The third-order valence-corrected chi connectivity index (χ3v) is 7.75. The molecule has 0 fully saturated rings. The summed E-state index contributed by atoms with van der Waals surface area (Å²) in [6.45, 7) is 1.23. The maximum Gasteiger partial charge on any atom is 0.326 e. The minimum Gasteiger partial charge on any atom is -0.480 e. The molecule has 3 atom stereocenters. The van der Waals surface area contributed by atoms with E-state index in [2.05, 4.69) is 26.7 Å². The van der Waals surface area contributed by atoms with Crippen molar-refractivity contribution in [1.29, 1.82) is 0 Å². The number of fused-ring (bicyclic) bond motifs is 2. The van der Waals surface area contributed by atoms with Crippen molar-refractivity contribution >= 4 is 22.6 Å². The van der Waals surface area contributed by atoms with Gasteiger partial charge >= 0.3 is 5.97 Å². The van der Waals surface area contributed by atoms with Crippen molar-refractivity contribution in [2.75, 3.05) is 0 Å². The number of aryl methyl sites for hydroxylation is 1. The van der Waals surface area contributed by atoms with Crippen molar-refractivity contribution < 1.29 is 14.7 Å². The number of benzene rings is 2. The number of carbonyl (C=O) groups excluding carboxylic acids is 1. The van der Waals surface area contributed by atoms with E-state index in [1.807, 2.05) is 54.6 Å². The Morgan fingerprint density at radius 3 is 2.52 bits per heavy atom. The van der Waals surface area contributed by atoms with Crippen molar-refractivity contribution in [3.8, 4) is 0 Å². The summed E-state index contributed by atoms with van der Waals surface area (Å²) in [4.78, 5) is 34.4. The molecule has 0 aliphatic heterocycles. The highest BCUT2D eigenvalue weighted by molar-refractivity contribution is 6.08. The maximum atomic E-state index is 13.4. The van der Waals surface area contributed by atoms with E-state index in [1.165, 1.54) is 5.56 Å². The first-order chi connectivity index (χ1) is 19.5. The SMILES string of the molecule is NC(CCC(NC(=O)c1ccc(CNCc2ccccn2)c2ccccc12)C(=O)O)[C@@H]1CCCc2cccnc21. The molecular formula is C32H35N5O3. The highest BCUT2D eigenvalue weighted by Gasteiger charge is 2.29. The van der Waals surface area contributed by atoms with Gasteiger partial charge in [-0.1, -0.05) is 42.5 Å². The fourth-order valence-electron chi connectivity index (χ4n) is 5.66. The van der Waals surface area contributed by atoms with Crippen molar-refractivity contribution in [3.05, 3.63) is 107 Å². The Morgan fingerprint density at radius 2 is 1.73 bits per heavy atom. The molecule has 8 heteroatoms. The number of amides is 1. The van der Waals surface area contributed by atoms with Gasteiger partial charge in [0.25, 0.3) is 5.91 Å². The van der Waals surface area contributed by atoms with Crippen LogP contribution in [0.1, 0.15) is 64.5 Å². The number of nitrogens with one attached hydrogen (secondary N) is 2. The van der Waals surface area contributed by atoms with Gasteiger partial charge in [-0.25, -0.2) is 4.79 Å². The van der Waals surface area contributed by atoms with Crippen LogP contribution < -0.4 is 16.4 Å². The van der Waals surface area contributed by atoms with Crippen LogP contribution >= 0.6 is 0 Å². The normalized spacial score (nSPS) is 16.2. The van der Waals surface area contributed by atoms with Crippen molar-refractivity contribution in [1.82, 2.24) is 20.6 Å².